The molecule has 308 valence electrons. The number of aliphatic imine (C=N–C) groups is 1. The summed E-state index contributed by atoms with van der Waals surface area (Å²) in [7, 11) is 2.63. The van der Waals surface area contributed by atoms with E-state index >= 15 is 0 Å². The number of pyridine rings is 1. The lowest BCUT2D eigenvalue weighted by Crippen LogP contribution is -2.75. The third-order valence-corrected chi connectivity index (χ3v) is 10.7. The maximum atomic E-state index is 14.4. The molecule has 3 heterocycles. The first-order chi connectivity index (χ1) is 27.4. The van der Waals surface area contributed by atoms with Crippen LogP contribution < -0.4 is 26.3 Å². The zero-order chi connectivity index (χ0) is 42.4. The van der Waals surface area contributed by atoms with Crippen molar-refractivity contribution in [2.45, 2.75) is 62.3 Å². The van der Waals surface area contributed by atoms with E-state index in [0.29, 0.717) is 5.56 Å². The number of benzene rings is 2. The van der Waals surface area contributed by atoms with Crippen LogP contribution in [0, 0.1) is 6.92 Å². The molecule has 20 nitrogen and oxygen atoms in total. The van der Waals surface area contributed by atoms with Crippen LogP contribution in [-0.2, 0) is 27.5 Å². The molecule has 12 N–H and O–H groups in total. The number of hydrogen-bond donors (Lipinski definition) is 10. The molecule has 1 aliphatic carbocycles. The van der Waals surface area contributed by atoms with Crippen molar-refractivity contribution >= 4 is 35.2 Å². The van der Waals surface area contributed by atoms with Crippen molar-refractivity contribution in [3.05, 3.63) is 87.1 Å². The van der Waals surface area contributed by atoms with Crippen LogP contribution in [0.1, 0.15) is 66.4 Å². The molecule has 6 atom stereocenters. The zero-order valence-electron chi connectivity index (χ0n) is 31.4. The van der Waals surface area contributed by atoms with Crippen molar-refractivity contribution < 1.29 is 69.1 Å². The molecular weight excluding hydrogens is 764 g/mol. The van der Waals surface area contributed by atoms with Crippen LogP contribution in [0.2, 0.25) is 0 Å². The number of nitrogens with two attached hydrogens (primary N) is 2. The number of nitrogen functional groups attached to an aromatic ring is 1. The van der Waals surface area contributed by atoms with E-state index in [2.05, 4.69) is 15.3 Å². The van der Waals surface area contributed by atoms with Gasteiger partial charge in [0.1, 0.15) is 47.5 Å². The quantitative estimate of drug-likeness (QED) is 0.0419. The Morgan fingerprint density at radius 3 is 2.33 bits per heavy atom. The summed E-state index contributed by atoms with van der Waals surface area (Å²) in [6.07, 6.45) is -4.36. The van der Waals surface area contributed by atoms with Crippen LogP contribution in [0.4, 0.5) is 5.82 Å². The van der Waals surface area contributed by atoms with Gasteiger partial charge in [0, 0.05) is 72.7 Å². The molecule has 3 aliphatic rings. The highest BCUT2D eigenvalue weighted by atomic mass is 16.8. The Kier molecular flexibility index (Phi) is 11.3. The zero-order valence-corrected chi connectivity index (χ0v) is 31.4. The topological polar surface area (TPSA) is 330 Å². The molecule has 6 rings (SSSR count). The number of aliphatic hydroxyl groups is 6. The number of carbonyl (C=O) groups excluding carboxylic acids is 4. The van der Waals surface area contributed by atoms with Crippen LogP contribution in [0.25, 0.3) is 0 Å². The van der Waals surface area contributed by atoms with Gasteiger partial charge in [-0.2, -0.15) is 0 Å². The lowest BCUT2D eigenvalue weighted by Gasteiger charge is -2.53. The summed E-state index contributed by atoms with van der Waals surface area (Å²) in [5.41, 5.74) is 7.81. The number of nitrogens with zero attached hydrogens (tertiary/aromatic N) is 3. The normalized spacial score (nSPS) is 24.8. The molecule has 1 fully saturated rings. The number of aromatic hydroxyl groups is 1. The molecule has 1 aromatic heterocycles. The van der Waals surface area contributed by atoms with Gasteiger partial charge in [0.05, 0.1) is 24.8 Å². The largest absolute Gasteiger partial charge is 0.507 e. The fourth-order valence-electron chi connectivity index (χ4n) is 7.49. The van der Waals surface area contributed by atoms with Crippen LogP contribution >= 0.6 is 0 Å². The summed E-state index contributed by atoms with van der Waals surface area (Å²) in [5.74, 6) is -8.77. The average molecular weight is 807 g/mol. The molecule has 2 aliphatic heterocycles. The molecule has 1 saturated heterocycles. The van der Waals surface area contributed by atoms with Gasteiger partial charge in [-0.05, 0) is 42.7 Å². The van der Waals surface area contributed by atoms with Gasteiger partial charge in [0.15, 0.2) is 11.7 Å². The molecule has 0 bridgehead atoms. The first-order valence-corrected chi connectivity index (χ1v) is 17.7. The number of amides is 2. The summed E-state index contributed by atoms with van der Waals surface area (Å²) in [4.78, 5) is 62.2. The summed E-state index contributed by atoms with van der Waals surface area (Å²) in [6, 6.07) is 5.24. The van der Waals surface area contributed by atoms with E-state index in [4.69, 9.17) is 25.7 Å². The van der Waals surface area contributed by atoms with E-state index in [9.17, 15) is 54.9 Å². The number of aliphatic hydroxyl groups excluding tert-OH is 4. The Bertz CT molecular complexity index is 2250. The molecule has 0 spiro atoms. The van der Waals surface area contributed by atoms with Crippen LogP contribution in [0.5, 0.6) is 17.2 Å². The second-order valence-electron chi connectivity index (χ2n) is 14.0. The van der Waals surface area contributed by atoms with Crippen LogP contribution in [-0.4, -0.2) is 132 Å². The SMILES string of the molecule is CN=C(N)NCc1c(C)cc2c(c1O)C(=O)c1c(OC3OC(O)(CO)C(O)(CC(CN4C(=O)C=CC4=O)c4ccnc(N)c4)C(O)C3O)cc(OC)c(CO)c1C2=O. The van der Waals surface area contributed by atoms with Crippen molar-refractivity contribution in [2.75, 3.05) is 33.0 Å². The number of ketones is 2. The number of methoxy groups -OCH3 is 1. The van der Waals surface area contributed by atoms with Gasteiger partial charge in [-0.15, -0.1) is 0 Å². The van der Waals surface area contributed by atoms with Gasteiger partial charge in [0.2, 0.25) is 17.9 Å². The molecule has 2 amide bonds. The number of anilines is 1. The minimum absolute atomic E-state index is 0.00617. The summed E-state index contributed by atoms with van der Waals surface area (Å²) in [5, 5.41) is 82.1. The maximum Gasteiger partial charge on any atom is 0.253 e. The predicted octanol–water partition coefficient (Wildman–Crippen LogP) is -2.04. The third kappa shape index (κ3) is 6.89. The number of hydrogen-bond acceptors (Lipinski definition) is 17. The second kappa shape index (κ2) is 15.7. The monoisotopic (exact) mass is 806 g/mol. The first-order valence-electron chi connectivity index (χ1n) is 17.7. The molecule has 0 radical (unpaired) electrons. The first kappa shape index (κ1) is 41.6. The Morgan fingerprint density at radius 2 is 1.72 bits per heavy atom. The highest BCUT2D eigenvalue weighted by Gasteiger charge is 2.65. The predicted molar refractivity (Wildman–Crippen MR) is 199 cm³/mol. The number of ether oxygens (including phenoxy) is 3. The van der Waals surface area contributed by atoms with E-state index < -0.39 is 108 Å². The molecule has 0 saturated carbocycles. The number of phenolic OH excluding ortho intramolecular Hbond substituents is 1. The number of carbonyl (C=O) groups is 4. The van der Waals surface area contributed by atoms with Gasteiger partial charge >= 0.3 is 0 Å². The van der Waals surface area contributed by atoms with E-state index in [1.54, 1.807) is 6.92 Å². The van der Waals surface area contributed by atoms with Crippen molar-refractivity contribution in [3.63, 3.8) is 0 Å². The number of aromatic nitrogens is 1. The molecule has 20 heteroatoms. The standard InChI is InChI=1S/C38H42N6O14/c1-16-8-19-28(31(50)20(16)12-43-36(40)41-2)32(51)29-23(10-22(56-3)21(14-45)27(29)30(19)49)57-35-33(52)34(53)37(54,38(55,15-46)58-35)11-18(17-6-7-42-24(39)9-17)13-44-25(47)4-5-26(44)48/h4-10,18,33-35,45-46,50,52-55H,11-15H2,1-3H3,(H2,39,42)(H3,40,41,43). The van der Waals surface area contributed by atoms with E-state index in [1.165, 1.54) is 38.6 Å². The fraction of sp³-hybridized carbons (Fsp3) is 0.368. The summed E-state index contributed by atoms with van der Waals surface area (Å²) >= 11 is 0. The Morgan fingerprint density at radius 1 is 1.03 bits per heavy atom. The maximum absolute atomic E-state index is 14.4. The smallest absolute Gasteiger partial charge is 0.253 e. The van der Waals surface area contributed by atoms with E-state index in [1.807, 2.05) is 0 Å². The number of nitrogens with one attached hydrogen (secondary N) is 1. The molecule has 3 aromatic rings. The number of fused-ring (bicyclic) bond motifs is 2. The van der Waals surface area contributed by atoms with E-state index in [-0.39, 0.29) is 51.9 Å². The van der Waals surface area contributed by atoms with Gasteiger partial charge in [-0.1, -0.05) is 0 Å². The minimum Gasteiger partial charge on any atom is -0.507 e. The number of guanidine groups is 1. The number of rotatable bonds is 12. The van der Waals surface area contributed by atoms with Crippen molar-refractivity contribution in [1.29, 1.82) is 0 Å². The van der Waals surface area contributed by atoms with Gasteiger partial charge in [-0.3, -0.25) is 29.1 Å². The molecule has 58 heavy (non-hydrogen) atoms. The van der Waals surface area contributed by atoms with Crippen molar-refractivity contribution in [3.8, 4) is 17.2 Å². The lowest BCUT2D eigenvalue weighted by atomic mass is 9.74. The Balaban J connectivity index is 1.40. The van der Waals surface area contributed by atoms with E-state index in [0.717, 1.165) is 23.1 Å². The van der Waals surface area contributed by atoms with Crippen LogP contribution in [0.15, 0.2) is 47.6 Å². The lowest BCUT2D eigenvalue weighted by molar-refractivity contribution is -0.420. The van der Waals surface area contributed by atoms with Gasteiger partial charge < -0.3 is 66.7 Å². The van der Waals surface area contributed by atoms with Crippen molar-refractivity contribution in [1.82, 2.24) is 15.2 Å². The highest BCUT2D eigenvalue weighted by molar-refractivity contribution is 6.31. The summed E-state index contributed by atoms with van der Waals surface area (Å²) < 4.78 is 17.0. The third-order valence-electron chi connectivity index (χ3n) is 10.7. The summed E-state index contributed by atoms with van der Waals surface area (Å²) in [6.45, 7) is -1.18. The van der Waals surface area contributed by atoms with Gasteiger partial charge in [0.25, 0.3) is 11.8 Å². The van der Waals surface area contributed by atoms with Crippen molar-refractivity contribution in [2.24, 2.45) is 10.7 Å². The second-order valence-corrected chi connectivity index (χ2v) is 14.0. The molecule has 6 unspecified atom stereocenters. The molecular formula is C38H42N6O14. The van der Waals surface area contributed by atoms with Crippen LogP contribution in [0.3, 0.4) is 0 Å². The average Bonchev–Trinajstić information content (AvgIpc) is 3.52. The number of phenols is 1. The molecule has 2 aromatic carbocycles. The minimum atomic E-state index is -3.17. The fourth-order valence-corrected chi connectivity index (χ4v) is 7.49. The highest BCUT2D eigenvalue weighted by Crippen LogP contribution is 2.47. The van der Waals surface area contributed by atoms with Gasteiger partial charge in [-0.25, -0.2) is 4.98 Å². The number of imide groups is 1. The Labute approximate surface area is 329 Å². The Hall–Kier alpha value is -6.00. The number of aryl methyl sites for hydroxylation is 1.